The Bertz CT molecular complexity index is 1440. The fourth-order valence-corrected chi connectivity index (χ4v) is 6.13. The molecule has 250 valence electrons. The lowest BCUT2D eigenvalue weighted by molar-refractivity contribution is -0.206. The Hall–Kier alpha value is -3.46. The van der Waals surface area contributed by atoms with Crippen molar-refractivity contribution in [3.63, 3.8) is 0 Å². The van der Waals surface area contributed by atoms with E-state index in [4.69, 9.17) is 14.2 Å². The maximum absolute atomic E-state index is 14.6. The Morgan fingerprint density at radius 3 is 1.83 bits per heavy atom. The van der Waals surface area contributed by atoms with E-state index in [1.54, 1.807) is 0 Å². The van der Waals surface area contributed by atoms with Crippen molar-refractivity contribution in [1.29, 1.82) is 0 Å². The molecule has 0 amide bonds. The van der Waals surface area contributed by atoms with Crippen LogP contribution in [0, 0.1) is 17.0 Å². The third kappa shape index (κ3) is 10.8. The molecule has 1 saturated heterocycles. The molecule has 5 nitrogen and oxygen atoms in total. The summed E-state index contributed by atoms with van der Waals surface area (Å²) in [7, 11) is 0. The summed E-state index contributed by atoms with van der Waals surface area (Å²) in [5, 5.41) is 3.76. The van der Waals surface area contributed by atoms with Crippen molar-refractivity contribution in [2.24, 2.45) is 5.41 Å². The number of ether oxygens (including phenoxy) is 3. The quantitative estimate of drug-likeness (QED) is 0.151. The van der Waals surface area contributed by atoms with Gasteiger partial charge in [-0.3, -0.25) is 4.90 Å². The van der Waals surface area contributed by atoms with Crippen LogP contribution >= 0.6 is 0 Å². The fraction of sp³-hybridized carbons (Fsp3) is 0.400. The number of halogens is 2. The fourth-order valence-electron chi connectivity index (χ4n) is 6.13. The van der Waals surface area contributed by atoms with Crippen molar-refractivity contribution in [3.8, 4) is 0 Å². The van der Waals surface area contributed by atoms with E-state index in [9.17, 15) is 8.78 Å². The average molecular weight is 643 g/mol. The average Bonchev–Trinajstić information content (AvgIpc) is 3.04. The van der Waals surface area contributed by atoms with E-state index in [0.717, 1.165) is 22.8 Å². The predicted octanol–water partition coefficient (Wildman–Crippen LogP) is 7.93. The van der Waals surface area contributed by atoms with Gasteiger partial charge in [-0.25, -0.2) is 8.78 Å². The highest BCUT2D eigenvalue weighted by atomic mass is 19.1. The van der Waals surface area contributed by atoms with Crippen LogP contribution in [0.1, 0.15) is 49.9 Å². The molecule has 0 aliphatic carbocycles. The van der Waals surface area contributed by atoms with Crippen molar-refractivity contribution in [2.45, 2.75) is 84.3 Å². The molecule has 1 fully saturated rings. The number of benzene rings is 4. The monoisotopic (exact) mass is 642 g/mol. The topological polar surface area (TPSA) is 43.0 Å². The molecule has 47 heavy (non-hydrogen) atoms. The van der Waals surface area contributed by atoms with Crippen molar-refractivity contribution in [2.75, 3.05) is 13.2 Å². The van der Waals surface area contributed by atoms with Crippen LogP contribution in [-0.2, 0) is 40.3 Å². The normalized spacial score (nSPS) is 19.9. The Kier molecular flexibility index (Phi) is 12.3. The molecule has 7 heteroatoms. The number of rotatable bonds is 14. The lowest BCUT2D eigenvalue weighted by Gasteiger charge is -2.45. The highest BCUT2D eigenvalue weighted by Crippen LogP contribution is 2.27. The zero-order valence-corrected chi connectivity index (χ0v) is 27.9. The van der Waals surface area contributed by atoms with E-state index in [1.165, 1.54) is 12.1 Å². The second-order valence-electron chi connectivity index (χ2n) is 13.8. The summed E-state index contributed by atoms with van der Waals surface area (Å²) in [5.41, 5.74) is 3.89. The second-order valence-corrected chi connectivity index (χ2v) is 13.8. The molecular formula is C40H48F2N2O3. The lowest BCUT2D eigenvalue weighted by atomic mass is 9.92. The van der Waals surface area contributed by atoms with Gasteiger partial charge in [-0.15, -0.1) is 0 Å². The van der Waals surface area contributed by atoms with Crippen LogP contribution in [0.5, 0.6) is 0 Å². The van der Waals surface area contributed by atoms with E-state index in [-0.39, 0.29) is 23.5 Å². The zero-order valence-electron chi connectivity index (χ0n) is 27.9. The smallest absolute Gasteiger partial charge is 0.172 e. The summed E-state index contributed by atoms with van der Waals surface area (Å²) in [6.45, 7) is 11.0. The van der Waals surface area contributed by atoms with Gasteiger partial charge < -0.3 is 19.5 Å². The molecule has 5 atom stereocenters. The Balaban J connectivity index is 1.53. The van der Waals surface area contributed by atoms with Crippen molar-refractivity contribution < 1.29 is 23.0 Å². The first-order valence-electron chi connectivity index (χ1n) is 16.5. The van der Waals surface area contributed by atoms with Gasteiger partial charge in [0, 0.05) is 25.2 Å². The third-order valence-corrected chi connectivity index (χ3v) is 8.36. The summed E-state index contributed by atoms with van der Waals surface area (Å²) < 4.78 is 48.7. The van der Waals surface area contributed by atoms with E-state index < -0.39 is 24.0 Å². The molecule has 1 N–H and O–H groups in total. The summed E-state index contributed by atoms with van der Waals surface area (Å²) in [6, 6.07) is 33.8. The first-order chi connectivity index (χ1) is 22.6. The van der Waals surface area contributed by atoms with Gasteiger partial charge in [0.15, 0.2) is 6.29 Å². The molecule has 0 radical (unpaired) electrons. The van der Waals surface area contributed by atoms with Crippen LogP contribution in [0.3, 0.4) is 0 Å². The molecule has 4 aromatic carbocycles. The molecule has 5 rings (SSSR count). The molecule has 0 saturated carbocycles. The standard InChI is InChI=1S/C40H48F2N2O3/c1-29-39(47-28-40(2,3)4)46-27-36(43-29)38(45-26-32-18-12-7-13-19-32)37(22-33-20-34(41)23-35(42)21-33)44(24-30-14-8-5-9-15-30)25-31-16-10-6-11-17-31/h5-21,23,29,36-39,43H,22,24-28H2,1-4H3/t29-,36+,37-,38+,39-/m0/s1. The number of nitrogens with zero attached hydrogens (tertiary/aromatic N) is 1. The lowest BCUT2D eigenvalue weighted by Crippen LogP contribution is -2.63. The molecule has 0 aromatic heterocycles. The first-order valence-corrected chi connectivity index (χ1v) is 16.5. The summed E-state index contributed by atoms with van der Waals surface area (Å²) >= 11 is 0. The van der Waals surface area contributed by atoms with Gasteiger partial charge >= 0.3 is 0 Å². The van der Waals surface area contributed by atoms with Gasteiger partial charge in [0.1, 0.15) is 11.6 Å². The highest BCUT2D eigenvalue weighted by Gasteiger charge is 2.40. The molecule has 0 spiro atoms. The van der Waals surface area contributed by atoms with Crippen LogP contribution in [-0.4, -0.2) is 48.6 Å². The summed E-state index contributed by atoms with van der Waals surface area (Å²) in [4.78, 5) is 2.37. The Labute approximate surface area is 278 Å². The van der Waals surface area contributed by atoms with Gasteiger partial charge in [0.25, 0.3) is 0 Å². The van der Waals surface area contributed by atoms with Crippen LogP contribution < -0.4 is 5.32 Å². The van der Waals surface area contributed by atoms with E-state index in [1.807, 2.05) is 66.7 Å². The van der Waals surface area contributed by atoms with Crippen molar-refractivity contribution in [1.82, 2.24) is 10.2 Å². The van der Waals surface area contributed by atoms with Gasteiger partial charge in [-0.05, 0) is 53.1 Å². The SMILES string of the molecule is C[C@@H]1N[C@@H]([C@@H](OCc2ccccc2)[C@H](Cc2cc(F)cc(F)c2)N(Cc2ccccc2)Cc2ccccc2)CO[C@H]1OCC(C)(C)C. The van der Waals surface area contributed by atoms with E-state index >= 15 is 0 Å². The van der Waals surface area contributed by atoms with Crippen molar-refractivity contribution in [3.05, 3.63) is 143 Å². The Morgan fingerprint density at radius 1 is 0.787 bits per heavy atom. The molecular weight excluding hydrogens is 594 g/mol. The van der Waals surface area contributed by atoms with Gasteiger partial charge in [0.2, 0.25) is 0 Å². The van der Waals surface area contributed by atoms with Crippen LogP contribution in [0.2, 0.25) is 0 Å². The van der Waals surface area contributed by atoms with E-state index in [2.05, 4.69) is 62.2 Å². The summed E-state index contributed by atoms with van der Waals surface area (Å²) in [6.07, 6.45) is -0.453. The van der Waals surface area contributed by atoms with Crippen LogP contribution in [0.15, 0.2) is 109 Å². The first kappa shape index (κ1) is 34.9. The summed E-state index contributed by atoms with van der Waals surface area (Å²) in [5.74, 6) is -1.19. The van der Waals surface area contributed by atoms with E-state index in [0.29, 0.717) is 44.9 Å². The molecule has 4 aromatic rings. The van der Waals surface area contributed by atoms with Gasteiger partial charge in [-0.1, -0.05) is 112 Å². The largest absolute Gasteiger partial charge is 0.370 e. The molecule has 1 aliphatic rings. The minimum Gasteiger partial charge on any atom is -0.370 e. The number of hydrogen-bond donors (Lipinski definition) is 1. The molecule has 0 unspecified atom stereocenters. The molecule has 0 bridgehead atoms. The molecule has 1 heterocycles. The van der Waals surface area contributed by atoms with Crippen LogP contribution in [0.25, 0.3) is 0 Å². The molecule has 1 aliphatic heterocycles. The zero-order chi connectivity index (χ0) is 33.2. The second kappa shape index (κ2) is 16.6. The maximum Gasteiger partial charge on any atom is 0.172 e. The van der Waals surface area contributed by atoms with Crippen molar-refractivity contribution >= 4 is 0 Å². The number of nitrogens with one attached hydrogen (secondary N) is 1. The van der Waals surface area contributed by atoms with Crippen LogP contribution in [0.4, 0.5) is 8.78 Å². The van der Waals surface area contributed by atoms with Gasteiger partial charge in [-0.2, -0.15) is 0 Å². The third-order valence-electron chi connectivity index (χ3n) is 8.36. The predicted molar refractivity (Wildman–Crippen MR) is 183 cm³/mol. The van der Waals surface area contributed by atoms with Gasteiger partial charge in [0.05, 0.1) is 38.0 Å². The minimum atomic E-state index is -0.593. The maximum atomic E-state index is 14.6. The minimum absolute atomic E-state index is 0.00195. The number of morpholine rings is 1. The Morgan fingerprint density at radius 2 is 1.32 bits per heavy atom. The highest BCUT2D eigenvalue weighted by molar-refractivity contribution is 5.22. The number of hydrogen-bond acceptors (Lipinski definition) is 5.